The molecular weight excluding hydrogens is 331 g/mol. The molecule has 122 valence electrons. The monoisotopic (exact) mass is 348 g/mol. The maximum absolute atomic E-state index is 13.8. The fourth-order valence-corrected chi connectivity index (χ4v) is 2.52. The average Bonchev–Trinajstić information content (AvgIpc) is 2.42. The van der Waals surface area contributed by atoms with Crippen LogP contribution in [0, 0.1) is 23.3 Å². The molecule has 0 spiro atoms. The summed E-state index contributed by atoms with van der Waals surface area (Å²) in [6.45, 7) is 4.31. The normalized spacial score (nSPS) is 16.8. The summed E-state index contributed by atoms with van der Waals surface area (Å²) in [5, 5.41) is 3.12. The SMILES string of the molecule is CC[C@H](c1c(F)c(F)cc(F)c1F)N1CCNCC1.Cl.Cl. The lowest BCUT2D eigenvalue weighted by Crippen LogP contribution is -2.45. The lowest BCUT2D eigenvalue weighted by Gasteiger charge is -2.35. The quantitative estimate of drug-likeness (QED) is 0.664. The summed E-state index contributed by atoms with van der Waals surface area (Å²) in [6, 6.07) is -0.397. The summed E-state index contributed by atoms with van der Waals surface area (Å²) in [6.07, 6.45) is 0.386. The molecule has 0 saturated carbocycles. The zero-order valence-corrected chi connectivity index (χ0v) is 13.1. The first-order valence-electron chi connectivity index (χ1n) is 6.34. The Morgan fingerprint density at radius 3 is 1.95 bits per heavy atom. The Balaban J connectivity index is 0.00000200. The molecule has 0 amide bonds. The molecule has 0 aliphatic carbocycles. The number of nitrogens with one attached hydrogen (secondary N) is 1. The first-order valence-corrected chi connectivity index (χ1v) is 6.34. The molecule has 1 atom stereocenters. The first kappa shape index (κ1) is 20.4. The van der Waals surface area contributed by atoms with Crippen LogP contribution in [0.25, 0.3) is 0 Å². The van der Waals surface area contributed by atoms with Crippen LogP contribution >= 0.6 is 24.8 Å². The number of hydrogen-bond donors (Lipinski definition) is 1. The highest BCUT2D eigenvalue weighted by Crippen LogP contribution is 2.31. The molecule has 0 unspecified atom stereocenters. The molecule has 1 aliphatic heterocycles. The minimum Gasteiger partial charge on any atom is -0.314 e. The maximum Gasteiger partial charge on any atom is 0.166 e. The first-order chi connectivity index (χ1) is 9.06. The van der Waals surface area contributed by atoms with Gasteiger partial charge in [0.25, 0.3) is 0 Å². The molecule has 1 aromatic rings. The average molecular weight is 349 g/mol. The van der Waals surface area contributed by atoms with E-state index in [0.717, 1.165) is 0 Å². The molecule has 1 heterocycles. The van der Waals surface area contributed by atoms with Crippen molar-refractivity contribution in [1.82, 2.24) is 10.2 Å². The topological polar surface area (TPSA) is 15.3 Å². The van der Waals surface area contributed by atoms with Gasteiger partial charge in [-0.3, -0.25) is 4.90 Å². The van der Waals surface area contributed by atoms with Gasteiger partial charge in [-0.25, -0.2) is 17.6 Å². The third-order valence-electron chi connectivity index (χ3n) is 3.46. The van der Waals surface area contributed by atoms with Crippen LogP contribution in [0.15, 0.2) is 6.07 Å². The van der Waals surface area contributed by atoms with Gasteiger partial charge in [0.05, 0.1) is 0 Å². The van der Waals surface area contributed by atoms with Crippen molar-refractivity contribution in [2.75, 3.05) is 26.2 Å². The minimum atomic E-state index is -1.34. The van der Waals surface area contributed by atoms with E-state index in [4.69, 9.17) is 0 Å². The van der Waals surface area contributed by atoms with Crippen molar-refractivity contribution in [1.29, 1.82) is 0 Å². The highest BCUT2D eigenvalue weighted by Gasteiger charge is 2.29. The fourth-order valence-electron chi connectivity index (χ4n) is 2.52. The second-order valence-corrected chi connectivity index (χ2v) is 4.59. The summed E-state index contributed by atoms with van der Waals surface area (Å²) in [7, 11) is 0. The molecule has 2 rings (SSSR count). The molecule has 0 radical (unpaired) electrons. The second kappa shape index (κ2) is 8.78. The fraction of sp³-hybridized carbons (Fsp3) is 0.538. The van der Waals surface area contributed by atoms with Crippen molar-refractivity contribution in [2.24, 2.45) is 0 Å². The Morgan fingerprint density at radius 1 is 1.05 bits per heavy atom. The van der Waals surface area contributed by atoms with Gasteiger partial charge in [0, 0.05) is 43.9 Å². The van der Waals surface area contributed by atoms with Crippen LogP contribution in [-0.4, -0.2) is 31.1 Å². The molecule has 0 aromatic heterocycles. The van der Waals surface area contributed by atoms with Gasteiger partial charge >= 0.3 is 0 Å². The molecule has 2 nitrogen and oxygen atoms in total. The summed E-state index contributed by atoms with van der Waals surface area (Å²) in [5.41, 5.74) is -0.498. The van der Waals surface area contributed by atoms with E-state index in [1.807, 2.05) is 4.90 Å². The van der Waals surface area contributed by atoms with Gasteiger partial charge in [-0.05, 0) is 6.42 Å². The summed E-state index contributed by atoms with van der Waals surface area (Å²) < 4.78 is 54.2. The van der Waals surface area contributed by atoms with E-state index in [-0.39, 0.29) is 30.9 Å². The number of benzene rings is 1. The van der Waals surface area contributed by atoms with Crippen LogP contribution in [-0.2, 0) is 0 Å². The molecule has 1 N–H and O–H groups in total. The molecular formula is C13H18Cl2F4N2. The molecule has 1 saturated heterocycles. The van der Waals surface area contributed by atoms with E-state index in [9.17, 15) is 17.6 Å². The number of nitrogens with zero attached hydrogens (tertiary/aromatic N) is 1. The standard InChI is InChI=1S/C13H16F4N2.2ClH/c1-2-10(19-5-3-18-4-6-19)11-12(16)8(14)7-9(15)13(11)17;;/h7,10,18H,2-6H2,1H3;2*1H/t10-;;/m1../s1. The van der Waals surface area contributed by atoms with E-state index < -0.39 is 34.9 Å². The second-order valence-electron chi connectivity index (χ2n) is 4.59. The van der Waals surface area contributed by atoms with Crippen molar-refractivity contribution in [2.45, 2.75) is 19.4 Å². The van der Waals surface area contributed by atoms with E-state index >= 15 is 0 Å². The maximum atomic E-state index is 13.8. The summed E-state index contributed by atoms with van der Waals surface area (Å²) >= 11 is 0. The van der Waals surface area contributed by atoms with Gasteiger partial charge in [-0.2, -0.15) is 0 Å². The largest absolute Gasteiger partial charge is 0.314 e. The predicted octanol–water partition coefficient (Wildman–Crippen LogP) is 3.44. The van der Waals surface area contributed by atoms with Gasteiger partial charge in [-0.1, -0.05) is 6.92 Å². The lowest BCUT2D eigenvalue weighted by molar-refractivity contribution is 0.161. The van der Waals surface area contributed by atoms with Crippen LogP contribution in [0.2, 0.25) is 0 Å². The van der Waals surface area contributed by atoms with Gasteiger partial charge in [-0.15, -0.1) is 24.8 Å². The zero-order valence-electron chi connectivity index (χ0n) is 11.5. The molecule has 1 fully saturated rings. The third-order valence-corrected chi connectivity index (χ3v) is 3.46. The van der Waals surface area contributed by atoms with Gasteiger partial charge in [0.15, 0.2) is 23.3 Å². The third kappa shape index (κ3) is 4.22. The van der Waals surface area contributed by atoms with Gasteiger partial charge < -0.3 is 5.32 Å². The van der Waals surface area contributed by atoms with Crippen molar-refractivity contribution in [3.8, 4) is 0 Å². The highest BCUT2D eigenvalue weighted by atomic mass is 35.5. The minimum absolute atomic E-state index is 0. The Bertz CT molecular complexity index is 442. The van der Waals surface area contributed by atoms with Crippen molar-refractivity contribution < 1.29 is 17.6 Å². The van der Waals surface area contributed by atoms with Gasteiger partial charge in [0.2, 0.25) is 0 Å². The van der Waals surface area contributed by atoms with Crippen molar-refractivity contribution >= 4 is 24.8 Å². The number of rotatable bonds is 3. The molecule has 21 heavy (non-hydrogen) atoms. The molecule has 1 aromatic carbocycles. The van der Waals surface area contributed by atoms with E-state index in [2.05, 4.69) is 5.32 Å². The Labute approximate surface area is 133 Å². The van der Waals surface area contributed by atoms with Crippen LogP contribution in [0.3, 0.4) is 0 Å². The molecule has 1 aliphatic rings. The summed E-state index contributed by atoms with van der Waals surface area (Å²) in [5.74, 6) is -5.27. The number of hydrogen-bond acceptors (Lipinski definition) is 2. The van der Waals surface area contributed by atoms with E-state index in [1.165, 1.54) is 0 Å². The number of halogens is 6. The summed E-state index contributed by atoms with van der Waals surface area (Å²) in [4.78, 5) is 1.84. The number of piperazine rings is 1. The van der Waals surface area contributed by atoms with Crippen LogP contribution in [0.5, 0.6) is 0 Å². The molecule has 0 bridgehead atoms. The van der Waals surface area contributed by atoms with E-state index in [1.54, 1.807) is 6.92 Å². The highest BCUT2D eigenvalue weighted by molar-refractivity contribution is 5.85. The van der Waals surface area contributed by atoms with Gasteiger partial charge in [0.1, 0.15) is 0 Å². The predicted molar refractivity (Wildman–Crippen MR) is 78.2 cm³/mol. The smallest absolute Gasteiger partial charge is 0.166 e. The molecule has 8 heteroatoms. The Morgan fingerprint density at radius 2 is 1.52 bits per heavy atom. The van der Waals surface area contributed by atoms with Crippen molar-refractivity contribution in [3.05, 3.63) is 34.9 Å². The van der Waals surface area contributed by atoms with Crippen LogP contribution in [0.4, 0.5) is 17.6 Å². The Kier molecular flexibility index (Phi) is 8.54. The van der Waals surface area contributed by atoms with Crippen molar-refractivity contribution in [3.63, 3.8) is 0 Å². The van der Waals surface area contributed by atoms with E-state index in [0.29, 0.717) is 32.6 Å². The van der Waals surface area contributed by atoms with Crippen LogP contribution in [0.1, 0.15) is 24.9 Å². The Hall–Kier alpha value is -0.560. The van der Waals surface area contributed by atoms with Crippen LogP contribution < -0.4 is 5.32 Å². The lowest BCUT2D eigenvalue weighted by atomic mass is 10.00. The zero-order chi connectivity index (χ0) is 14.0.